The smallest absolute Gasteiger partial charge is 0.274 e. The molecule has 3 N–H and O–H groups in total. The fourth-order valence-corrected chi connectivity index (χ4v) is 3.04. The summed E-state index contributed by atoms with van der Waals surface area (Å²) in [4.78, 5) is 0. The van der Waals surface area contributed by atoms with Crippen LogP contribution in [0.2, 0.25) is 0 Å². The van der Waals surface area contributed by atoms with Gasteiger partial charge in [-0.15, -0.1) is 0 Å². The molecular formula is C11H18N2O3S. The number of nitrogens with one attached hydrogen (secondary N) is 1. The van der Waals surface area contributed by atoms with Gasteiger partial charge in [-0.1, -0.05) is 12.8 Å². The third kappa shape index (κ3) is 3.31. The normalized spacial score (nSPS) is 18.2. The van der Waals surface area contributed by atoms with Crippen LogP contribution in [0, 0.1) is 5.92 Å². The van der Waals surface area contributed by atoms with Crippen LogP contribution in [-0.4, -0.2) is 14.5 Å². The molecule has 1 aromatic rings. The Morgan fingerprint density at radius 2 is 2.24 bits per heavy atom. The monoisotopic (exact) mass is 258 g/mol. The van der Waals surface area contributed by atoms with Crippen LogP contribution in [0.4, 0.5) is 0 Å². The molecule has 1 fully saturated rings. The standard InChI is InChI=1S/C11H18N2O3S/c1-8(6-9-2-3-9)13-17(14,15)11-5-4-10(7-12)16-11/h4-5,8-9,13H,2-3,6-7,12H2,1H3. The first-order valence-electron chi connectivity index (χ1n) is 5.82. The Morgan fingerprint density at radius 3 is 2.76 bits per heavy atom. The first-order valence-corrected chi connectivity index (χ1v) is 7.30. The Hall–Kier alpha value is -0.850. The van der Waals surface area contributed by atoms with Gasteiger partial charge in [0, 0.05) is 6.04 Å². The van der Waals surface area contributed by atoms with Gasteiger partial charge >= 0.3 is 0 Å². The second-order valence-electron chi connectivity index (χ2n) is 4.63. The first-order chi connectivity index (χ1) is 8.01. The maximum absolute atomic E-state index is 11.9. The second kappa shape index (κ2) is 4.80. The van der Waals surface area contributed by atoms with E-state index in [1.807, 2.05) is 6.92 Å². The number of nitrogens with two attached hydrogens (primary N) is 1. The van der Waals surface area contributed by atoms with Crippen LogP contribution in [0.15, 0.2) is 21.6 Å². The third-order valence-corrected chi connectivity index (χ3v) is 4.30. The summed E-state index contributed by atoms with van der Waals surface area (Å²) in [5, 5.41) is -0.0550. The lowest BCUT2D eigenvalue weighted by molar-refractivity contribution is 0.409. The molecular weight excluding hydrogens is 240 g/mol. The Morgan fingerprint density at radius 1 is 1.53 bits per heavy atom. The van der Waals surface area contributed by atoms with Crippen LogP contribution < -0.4 is 10.5 Å². The predicted molar refractivity (Wildman–Crippen MR) is 63.7 cm³/mol. The Balaban J connectivity index is 2.01. The SMILES string of the molecule is CC(CC1CC1)NS(=O)(=O)c1ccc(CN)o1. The van der Waals surface area contributed by atoms with Crippen molar-refractivity contribution in [3.05, 3.63) is 17.9 Å². The average Bonchev–Trinajstić information content (AvgIpc) is 2.92. The van der Waals surface area contributed by atoms with Crippen LogP contribution in [0.5, 0.6) is 0 Å². The van der Waals surface area contributed by atoms with E-state index in [0.29, 0.717) is 11.7 Å². The zero-order valence-corrected chi connectivity index (χ0v) is 10.7. The van der Waals surface area contributed by atoms with E-state index >= 15 is 0 Å². The van der Waals surface area contributed by atoms with Gasteiger partial charge in [0.2, 0.25) is 5.09 Å². The van der Waals surface area contributed by atoms with Crippen molar-refractivity contribution < 1.29 is 12.8 Å². The van der Waals surface area contributed by atoms with Gasteiger partial charge in [0.1, 0.15) is 5.76 Å². The zero-order chi connectivity index (χ0) is 12.5. The molecule has 0 aromatic carbocycles. The summed E-state index contributed by atoms with van der Waals surface area (Å²) >= 11 is 0. The van der Waals surface area contributed by atoms with Gasteiger partial charge in [0.15, 0.2) is 0 Å². The first kappa shape index (κ1) is 12.6. The summed E-state index contributed by atoms with van der Waals surface area (Å²) in [7, 11) is -3.54. The van der Waals surface area contributed by atoms with Crippen molar-refractivity contribution in [1.29, 1.82) is 0 Å². The molecule has 17 heavy (non-hydrogen) atoms. The molecule has 6 heteroatoms. The van der Waals surface area contributed by atoms with E-state index in [0.717, 1.165) is 6.42 Å². The van der Waals surface area contributed by atoms with Crippen molar-refractivity contribution in [3.8, 4) is 0 Å². The van der Waals surface area contributed by atoms with Gasteiger partial charge in [-0.25, -0.2) is 13.1 Å². The van der Waals surface area contributed by atoms with E-state index < -0.39 is 10.0 Å². The van der Waals surface area contributed by atoms with Crippen molar-refractivity contribution in [3.63, 3.8) is 0 Å². The molecule has 1 saturated carbocycles. The molecule has 0 aliphatic heterocycles. The van der Waals surface area contributed by atoms with Gasteiger partial charge in [0.05, 0.1) is 6.54 Å². The molecule has 1 atom stereocenters. The van der Waals surface area contributed by atoms with Gasteiger partial charge in [0.25, 0.3) is 10.0 Å². The van der Waals surface area contributed by atoms with E-state index in [9.17, 15) is 8.42 Å². The zero-order valence-electron chi connectivity index (χ0n) is 9.85. The molecule has 0 amide bonds. The predicted octanol–water partition coefficient (Wildman–Crippen LogP) is 1.21. The fraction of sp³-hybridized carbons (Fsp3) is 0.636. The molecule has 1 aliphatic rings. The molecule has 2 rings (SSSR count). The molecule has 5 nitrogen and oxygen atoms in total. The van der Waals surface area contributed by atoms with Crippen LogP contribution in [-0.2, 0) is 16.6 Å². The van der Waals surface area contributed by atoms with Crippen molar-refractivity contribution in [2.75, 3.05) is 0 Å². The molecule has 0 spiro atoms. The molecule has 1 aliphatic carbocycles. The highest BCUT2D eigenvalue weighted by Gasteiger charge is 2.27. The topological polar surface area (TPSA) is 85.3 Å². The van der Waals surface area contributed by atoms with Crippen LogP contribution in [0.25, 0.3) is 0 Å². The van der Waals surface area contributed by atoms with Gasteiger partial charge < -0.3 is 10.2 Å². The highest BCUT2D eigenvalue weighted by molar-refractivity contribution is 7.89. The summed E-state index contributed by atoms with van der Waals surface area (Å²) in [5.41, 5.74) is 5.37. The van der Waals surface area contributed by atoms with Crippen molar-refractivity contribution >= 4 is 10.0 Å². The number of furan rings is 1. The molecule has 1 unspecified atom stereocenters. The minimum Gasteiger partial charge on any atom is -0.447 e. The summed E-state index contributed by atoms with van der Waals surface area (Å²) in [6.07, 6.45) is 3.32. The third-order valence-electron chi connectivity index (χ3n) is 2.84. The summed E-state index contributed by atoms with van der Waals surface area (Å²) in [6.45, 7) is 2.08. The van der Waals surface area contributed by atoms with E-state index in [2.05, 4.69) is 4.72 Å². The largest absolute Gasteiger partial charge is 0.447 e. The number of rotatable bonds is 6. The maximum atomic E-state index is 11.9. The highest BCUT2D eigenvalue weighted by atomic mass is 32.2. The van der Waals surface area contributed by atoms with E-state index in [1.54, 1.807) is 6.07 Å². The van der Waals surface area contributed by atoms with Gasteiger partial charge in [-0.05, 0) is 31.4 Å². The van der Waals surface area contributed by atoms with Crippen LogP contribution in [0.1, 0.15) is 31.9 Å². The average molecular weight is 258 g/mol. The molecule has 1 heterocycles. The molecule has 0 bridgehead atoms. The van der Waals surface area contributed by atoms with Gasteiger partial charge in [-0.3, -0.25) is 0 Å². The van der Waals surface area contributed by atoms with Crippen molar-refractivity contribution in [2.24, 2.45) is 11.7 Å². The highest BCUT2D eigenvalue weighted by Crippen LogP contribution is 2.33. The van der Waals surface area contributed by atoms with E-state index in [4.69, 9.17) is 10.2 Å². The minimum atomic E-state index is -3.54. The van der Waals surface area contributed by atoms with Crippen LogP contribution in [0.3, 0.4) is 0 Å². The molecule has 1 aromatic heterocycles. The Kier molecular flexibility index (Phi) is 3.56. The van der Waals surface area contributed by atoms with E-state index in [-0.39, 0.29) is 17.7 Å². The lowest BCUT2D eigenvalue weighted by atomic mass is 10.2. The maximum Gasteiger partial charge on any atom is 0.274 e. The summed E-state index contributed by atoms with van der Waals surface area (Å²) in [6, 6.07) is 2.97. The number of sulfonamides is 1. The quantitative estimate of drug-likeness (QED) is 0.803. The summed E-state index contributed by atoms with van der Waals surface area (Å²) < 4.78 is 31.6. The molecule has 0 radical (unpaired) electrons. The lowest BCUT2D eigenvalue weighted by Gasteiger charge is -2.11. The molecule has 0 saturated heterocycles. The second-order valence-corrected chi connectivity index (χ2v) is 6.27. The van der Waals surface area contributed by atoms with E-state index in [1.165, 1.54) is 18.9 Å². The van der Waals surface area contributed by atoms with Gasteiger partial charge in [-0.2, -0.15) is 0 Å². The van der Waals surface area contributed by atoms with Crippen LogP contribution >= 0.6 is 0 Å². The Bertz CT molecular complexity index is 477. The molecule has 96 valence electrons. The minimum absolute atomic E-state index is 0.0550. The van der Waals surface area contributed by atoms with Crippen molar-refractivity contribution in [2.45, 2.75) is 43.9 Å². The lowest BCUT2D eigenvalue weighted by Crippen LogP contribution is -2.32. The fourth-order valence-electron chi connectivity index (χ4n) is 1.84. The number of hydrogen-bond donors (Lipinski definition) is 2. The summed E-state index contributed by atoms with van der Waals surface area (Å²) in [5.74, 6) is 1.16. The van der Waals surface area contributed by atoms with Crippen molar-refractivity contribution in [1.82, 2.24) is 4.72 Å². The Labute approximate surface area is 101 Å². The number of hydrogen-bond acceptors (Lipinski definition) is 4.